The van der Waals surface area contributed by atoms with Gasteiger partial charge in [0.25, 0.3) is 5.91 Å². The SMILES string of the molecule is O=C(NCc1ccc2ncccc2c1)c1cccc(Oc2ccnc3ccccc23)c1. The lowest BCUT2D eigenvalue weighted by atomic mass is 10.1. The molecular weight excluding hydrogens is 386 g/mol. The Morgan fingerprint density at radius 1 is 0.806 bits per heavy atom. The van der Waals surface area contributed by atoms with Crippen LogP contribution in [-0.2, 0) is 6.54 Å². The molecule has 0 aliphatic heterocycles. The Kier molecular flexibility index (Phi) is 4.99. The molecule has 0 radical (unpaired) electrons. The molecule has 1 amide bonds. The van der Waals surface area contributed by atoms with E-state index >= 15 is 0 Å². The molecule has 1 N–H and O–H groups in total. The normalized spacial score (nSPS) is 10.8. The number of benzene rings is 3. The van der Waals surface area contributed by atoms with E-state index in [0.717, 1.165) is 27.4 Å². The Bertz CT molecular complexity index is 1390. The van der Waals surface area contributed by atoms with Gasteiger partial charge in [0.2, 0.25) is 0 Å². The van der Waals surface area contributed by atoms with E-state index < -0.39 is 0 Å². The van der Waals surface area contributed by atoms with Crippen molar-refractivity contribution in [2.75, 3.05) is 0 Å². The third-order valence-electron chi connectivity index (χ3n) is 5.05. The number of carbonyl (C=O) groups excluding carboxylic acids is 1. The van der Waals surface area contributed by atoms with E-state index in [-0.39, 0.29) is 5.91 Å². The number of aromatic nitrogens is 2. The highest BCUT2D eigenvalue weighted by molar-refractivity contribution is 5.94. The first-order chi connectivity index (χ1) is 15.3. The third-order valence-corrected chi connectivity index (χ3v) is 5.05. The summed E-state index contributed by atoms with van der Waals surface area (Å²) >= 11 is 0. The maximum atomic E-state index is 12.7. The molecular formula is C26H19N3O2. The Balaban J connectivity index is 1.31. The molecule has 0 spiro atoms. The fourth-order valence-electron chi connectivity index (χ4n) is 3.51. The van der Waals surface area contributed by atoms with Crippen LogP contribution in [0.1, 0.15) is 15.9 Å². The van der Waals surface area contributed by atoms with E-state index in [1.54, 1.807) is 24.5 Å². The lowest BCUT2D eigenvalue weighted by Gasteiger charge is -2.10. The van der Waals surface area contributed by atoms with Gasteiger partial charge in [0.1, 0.15) is 11.5 Å². The van der Waals surface area contributed by atoms with Crippen LogP contribution >= 0.6 is 0 Å². The minimum atomic E-state index is -0.156. The van der Waals surface area contributed by atoms with Crippen LogP contribution < -0.4 is 10.1 Å². The number of carbonyl (C=O) groups is 1. The van der Waals surface area contributed by atoms with Gasteiger partial charge in [-0.05, 0) is 60.2 Å². The van der Waals surface area contributed by atoms with E-state index in [9.17, 15) is 4.79 Å². The zero-order valence-electron chi connectivity index (χ0n) is 16.7. The fourth-order valence-corrected chi connectivity index (χ4v) is 3.51. The number of ether oxygens (including phenoxy) is 1. The molecule has 0 bridgehead atoms. The summed E-state index contributed by atoms with van der Waals surface area (Å²) in [5, 5.41) is 4.95. The molecule has 2 heterocycles. The third kappa shape index (κ3) is 4.07. The van der Waals surface area contributed by atoms with Crippen molar-refractivity contribution in [3.8, 4) is 11.5 Å². The molecule has 2 aromatic heterocycles. The molecule has 0 unspecified atom stereocenters. The van der Waals surface area contributed by atoms with Gasteiger partial charge in [-0.3, -0.25) is 14.8 Å². The van der Waals surface area contributed by atoms with E-state index in [1.807, 2.05) is 72.8 Å². The van der Waals surface area contributed by atoms with Crippen molar-refractivity contribution in [3.63, 3.8) is 0 Å². The van der Waals surface area contributed by atoms with Gasteiger partial charge < -0.3 is 10.1 Å². The van der Waals surface area contributed by atoms with Crippen LogP contribution in [0.2, 0.25) is 0 Å². The molecule has 0 aliphatic rings. The second-order valence-corrected chi connectivity index (χ2v) is 7.17. The average Bonchev–Trinajstić information content (AvgIpc) is 2.83. The van der Waals surface area contributed by atoms with Crippen LogP contribution in [0.15, 0.2) is 97.3 Å². The second kappa shape index (κ2) is 8.24. The molecule has 0 atom stereocenters. The van der Waals surface area contributed by atoms with Crippen molar-refractivity contribution in [2.24, 2.45) is 0 Å². The lowest BCUT2D eigenvalue weighted by molar-refractivity contribution is 0.0950. The number of hydrogen-bond acceptors (Lipinski definition) is 4. The highest BCUT2D eigenvalue weighted by Crippen LogP contribution is 2.29. The summed E-state index contributed by atoms with van der Waals surface area (Å²) in [5.41, 5.74) is 3.35. The molecule has 5 heteroatoms. The first kappa shape index (κ1) is 18.8. The van der Waals surface area contributed by atoms with Crippen LogP contribution in [0.4, 0.5) is 0 Å². The monoisotopic (exact) mass is 405 g/mol. The minimum absolute atomic E-state index is 0.156. The Morgan fingerprint density at radius 3 is 2.68 bits per heavy atom. The smallest absolute Gasteiger partial charge is 0.251 e. The molecule has 5 aromatic rings. The van der Waals surface area contributed by atoms with Crippen LogP contribution in [0.3, 0.4) is 0 Å². The number of rotatable bonds is 5. The Labute approximate surface area is 179 Å². The largest absolute Gasteiger partial charge is 0.457 e. The van der Waals surface area contributed by atoms with Gasteiger partial charge in [-0.15, -0.1) is 0 Å². The second-order valence-electron chi connectivity index (χ2n) is 7.17. The number of pyridine rings is 2. The number of para-hydroxylation sites is 1. The topological polar surface area (TPSA) is 64.1 Å². The van der Waals surface area contributed by atoms with Crippen molar-refractivity contribution >= 4 is 27.7 Å². The molecule has 5 nitrogen and oxygen atoms in total. The molecule has 0 saturated carbocycles. The van der Waals surface area contributed by atoms with Crippen molar-refractivity contribution in [2.45, 2.75) is 6.54 Å². The Morgan fingerprint density at radius 2 is 1.71 bits per heavy atom. The predicted octanol–water partition coefficient (Wildman–Crippen LogP) is 5.51. The maximum absolute atomic E-state index is 12.7. The molecule has 0 fully saturated rings. The maximum Gasteiger partial charge on any atom is 0.251 e. The molecule has 0 saturated heterocycles. The number of amides is 1. The zero-order chi connectivity index (χ0) is 21.0. The Hall–Kier alpha value is -4.25. The van der Waals surface area contributed by atoms with Crippen molar-refractivity contribution in [1.29, 1.82) is 0 Å². The number of nitrogens with one attached hydrogen (secondary N) is 1. The van der Waals surface area contributed by atoms with Crippen molar-refractivity contribution < 1.29 is 9.53 Å². The fraction of sp³-hybridized carbons (Fsp3) is 0.0385. The molecule has 150 valence electrons. The summed E-state index contributed by atoms with van der Waals surface area (Å²) in [5.74, 6) is 1.14. The minimum Gasteiger partial charge on any atom is -0.457 e. The summed E-state index contributed by atoms with van der Waals surface area (Å²) < 4.78 is 6.07. The number of nitrogens with zero attached hydrogens (tertiary/aromatic N) is 2. The highest BCUT2D eigenvalue weighted by Gasteiger charge is 2.09. The quantitative estimate of drug-likeness (QED) is 0.419. The van der Waals surface area contributed by atoms with Gasteiger partial charge in [0.15, 0.2) is 0 Å². The standard InChI is InChI=1S/C26H19N3O2/c30-26(29-17-18-10-11-23-19(15-18)6-4-13-27-23)20-5-3-7-21(16-20)31-25-12-14-28-24-9-2-1-8-22(24)25/h1-16H,17H2,(H,29,30). The number of hydrogen-bond donors (Lipinski definition) is 1. The average molecular weight is 405 g/mol. The summed E-state index contributed by atoms with van der Waals surface area (Å²) in [6.45, 7) is 0.434. The van der Waals surface area contributed by atoms with E-state index in [2.05, 4.69) is 15.3 Å². The van der Waals surface area contributed by atoms with Crippen molar-refractivity contribution in [3.05, 3.63) is 108 Å². The first-order valence-corrected chi connectivity index (χ1v) is 10.00. The summed E-state index contributed by atoms with van der Waals surface area (Å²) in [6.07, 6.45) is 3.49. The first-order valence-electron chi connectivity index (χ1n) is 10.00. The lowest BCUT2D eigenvalue weighted by Crippen LogP contribution is -2.22. The van der Waals surface area contributed by atoms with Gasteiger partial charge in [0, 0.05) is 35.3 Å². The van der Waals surface area contributed by atoms with Gasteiger partial charge in [-0.25, -0.2) is 0 Å². The highest BCUT2D eigenvalue weighted by atomic mass is 16.5. The van der Waals surface area contributed by atoms with Crippen LogP contribution in [-0.4, -0.2) is 15.9 Å². The van der Waals surface area contributed by atoms with Crippen LogP contribution in [0.5, 0.6) is 11.5 Å². The molecule has 31 heavy (non-hydrogen) atoms. The van der Waals surface area contributed by atoms with Gasteiger partial charge in [0.05, 0.1) is 11.0 Å². The molecule has 3 aromatic carbocycles. The summed E-state index contributed by atoms with van der Waals surface area (Å²) in [4.78, 5) is 21.4. The van der Waals surface area contributed by atoms with Crippen LogP contribution in [0.25, 0.3) is 21.8 Å². The van der Waals surface area contributed by atoms with Crippen LogP contribution in [0, 0.1) is 0 Å². The van der Waals surface area contributed by atoms with E-state index in [1.165, 1.54) is 0 Å². The summed E-state index contributed by atoms with van der Waals surface area (Å²) in [7, 11) is 0. The summed E-state index contributed by atoms with van der Waals surface area (Å²) in [6, 6.07) is 26.7. The van der Waals surface area contributed by atoms with Gasteiger partial charge >= 0.3 is 0 Å². The molecule has 5 rings (SSSR count). The zero-order valence-corrected chi connectivity index (χ0v) is 16.7. The number of fused-ring (bicyclic) bond motifs is 2. The van der Waals surface area contributed by atoms with Gasteiger partial charge in [-0.2, -0.15) is 0 Å². The van der Waals surface area contributed by atoms with Gasteiger partial charge in [-0.1, -0.05) is 30.3 Å². The van der Waals surface area contributed by atoms with E-state index in [4.69, 9.17) is 4.74 Å². The van der Waals surface area contributed by atoms with Crippen molar-refractivity contribution in [1.82, 2.24) is 15.3 Å². The predicted molar refractivity (Wildman–Crippen MR) is 121 cm³/mol. The van der Waals surface area contributed by atoms with E-state index in [0.29, 0.717) is 23.6 Å². The molecule has 0 aliphatic carbocycles.